The van der Waals surface area contributed by atoms with Gasteiger partial charge in [0.1, 0.15) is 11.2 Å². The average Bonchev–Trinajstić information content (AvgIpc) is 3.04. The highest BCUT2D eigenvalue weighted by molar-refractivity contribution is 5.93. The summed E-state index contributed by atoms with van der Waals surface area (Å²) in [6.45, 7) is 6.68. The fourth-order valence-corrected chi connectivity index (χ4v) is 2.65. The summed E-state index contributed by atoms with van der Waals surface area (Å²) in [5.74, 6) is -1.95. The zero-order valence-electron chi connectivity index (χ0n) is 22.6. The third-order valence-electron chi connectivity index (χ3n) is 3.85. The van der Waals surface area contributed by atoms with Gasteiger partial charge >= 0.3 is 12.1 Å². The van der Waals surface area contributed by atoms with Crippen LogP contribution in [0, 0.1) is 6.92 Å². The largest absolute Gasteiger partial charge is 0.480 e. The minimum Gasteiger partial charge on any atom is -0.480 e. The summed E-state index contributed by atoms with van der Waals surface area (Å²) in [4.78, 5) is 32.8. The van der Waals surface area contributed by atoms with Crippen molar-refractivity contribution in [3.63, 3.8) is 0 Å². The van der Waals surface area contributed by atoms with Crippen molar-refractivity contribution < 1.29 is 32.0 Å². The van der Waals surface area contributed by atoms with Crippen LogP contribution in [0.4, 0.5) is 10.7 Å². The van der Waals surface area contributed by atoms with Gasteiger partial charge in [0.05, 0.1) is 22.3 Å². The normalized spacial score (nSPS) is 15.1. The van der Waals surface area contributed by atoms with Crippen LogP contribution in [0.2, 0.25) is 0 Å². The molecule has 0 aliphatic heterocycles. The van der Waals surface area contributed by atoms with Gasteiger partial charge in [-0.1, -0.05) is 0 Å². The predicted octanol–water partition coefficient (Wildman–Crippen LogP) is 3.24. The first-order valence-electron chi connectivity index (χ1n) is 11.7. The van der Waals surface area contributed by atoms with Crippen molar-refractivity contribution in [3.8, 4) is 17.0 Å². The van der Waals surface area contributed by atoms with Crippen LogP contribution in [0.15, 0.2) is 24.4 Å². The molecular weight excluding hydrogens is 390 g/mol. The van der Waals surface area contributed by atoms with Gasteiger partial charge in [-0.3, -0.25) is 5.32 Å². The summed E-state index contributed by atoms with van der Waals surface area (Å²) in [6.07, 6.45) is 0.797. The lowest BCUT2D eigenvalue weighted by atomic mass is 10.0. The molecule has 10 heteroatoms. The highest BCUT2D eigenvalue weighted by atomic mass is 16.6. The fraction of sp³-hybridized carbons (Fsp3) is 0.350. The number of nitrogens with zero attached hydrogens (tertiary/aromatic N) is 4. The Balaban J connectivity index is 2.01. The molecule has 158 valence electrons. The van der Waals surface area contributed by atoms with Gasteiger partial charge in [-0.25, -0.2) is 19.1 Å². The van der Waals surface area contributed by atoms with E-state index in [0.717, 1.165) is 0 Å². The summed E-state index contributed by atoms with van der Waals surface area (Å²) < 4.78 is 59.3. The SMILES string of the molecule is [2H]C([2H])([2H])OC(=O)c1cc(-c2ccn3nc(NC(=O)OC(C)(C)C)nc3c2)c(C)nc1OC([2H])([2H])[2H]. The van der Waals surface area contributed by atoms with Gasteiger partial charge in [0.2, 0.25) is 5.88 Å². The van der Waals surface area contributed by atoms with Gasteiger partial charge in [0.15, 0.2) is 5.65 Å². The van der Waals surface area contributed by atoms with Crippen LogP contribution in [0.5, 0.6) is 5.88 Å². The quantitative estimate of drug-likeness (QED) is 0.641. The molecule has 1 N–H and O–H groups in total. The third kappa shape index (κ3) is 4.48. The molecule has 3 rings (SSSR count). The third-order valence-corrected chi connectivity index (χ3v) is 3.85. The topological polar surface area (TPSA) is 117 Å². The van der Waals surface area contributed by atoms with Crippen molar-refractivity contribution in [2.75, 3.05) is 19.4 Å². The summed E-state index contributed by atoms with van der Waals surface area (Å²) in [5.41, 5.74) is 0.207. The van der Waals surface area contributed by atoms with E-state index < -0.39 is 43.2 Å². The number of aryl methyl sites for hydroxylation is 1. The molecule has 0 saturated carbocycles. The van der Waals surface area contributed by atoms with Crippen molar-refractivity contribution in [1.29, 1.82) is 0 Å². The summed E-state index contributed by atoms with van der Waals surface area (Å²) >= 11 is 0. The Bertz CT molecular complexity index is 1310. The molecular formula is C20H23N5O5. The molecule has 3 aromatic heterocycles. The summed E-state index contributed by atoms with van der Waals surface area (Å²) in [5, 5.41) is 6.57. The Labute approximate surface area is 181 Å². The van der Waals surface area contributed by atoms with Gasteiger partial charge in [-0.15, -0.1) is 5.10 Å². The second-order valence-electron chi connectivity index (χ2n) is 7.25. The maximum atomic E-state index is 12.5. The summed E-state index contributed by atoms with van der Waals surface area (Å²) in [6, 6.07) is 4.39. The van der Waals surface area contributed by atoms with Crippen molar-refractivity contribution in [3.05, 3.63) is 35.7 Å². The molecule has 0 spiro atoms. The molecule has 0 aliphatic rings. The number of aromatic nitrogens is 4. The number of ether oxygens (including phenoxy) is 3. The Morgan fingerprint density at radius 2 is 2.00 bits per heavy atom. The molecule has 0 unspecified atom stereocenters. The highest BCUT2D eigenvalue weighted by Crippen LogP contribution is 2.29. The van der Waals surface area contributed by atoms with E-state index >= 15 is 0 Å². The molecule has 0 atom stereocenters. The van der Waals surface area contributed by atoms with Crippen molar-refractivity contribution >= 4 is 23.7 Å². The monoisotopic (exact) mass is 419 g/mol. The van der Waals surface area contributed by atoms with Crippen LogP contribution in [-0.2, 0) is 9.47 Å². The number of nitrogens with one attached hydrogen (secondary N) is 1. The molecule has 0 aliphatic carbocycles. The van der Waals surface area contributed by atoms with E-state index in [9.17, 15) is 9.59 Å². The lowest BCUT2D eigenvalue weighted by Crippen LogP contribution is -2.27. The van der Waals surface area contributed by atoms with Crippen LogP contribution in [0.1, 0.15) is 45.0 Å². The van der Waals surface area contributed by atoms with Crippen molar-refractivity contribution in [2.24, 2.45) is 0 Å². The van der Waals surface area contributed by atoms with Gasteiger partial charge in [-0.2, -0.15) is 4.98 Å². The first-order chi connectivity index (χ1) is 16.4. The van der Waals surface area contributed by atoms with Crippen LogP contribution >= 0.6 is 0 Å². The molecule has 3 heterocycles. The number of esters is 1. The molecule has 1 amide bonds. The number of hydrogen-bond donors (Lipinski definition) is 1. The van der Waals surface area contributed by atoms with E-state index in [-0.39, 0.29) is 11.6 Å². The Morgan fingerprint density at radius 1 is 1.20 bits per heavy atom. The molecule has 30 heavy (non-hydrogen) atoms. The Morgan fingerprint density at radius 3 is 2.70 bits per heavy atom. The molecule has 0 fully saturated rings. The molecule has 3 aromatic rings. The van der Waals surface area contributed by atoms with Gasteiger partial charge in [0.25, 0.3) is 5.95 Å². The summed E-state index contributed by atoms with van der Waals surface area (Å²) in [7, 11) is -6.02. The number of hydrogen-bond acceptors (Lipinski definition) is 8. The van der Waals surface area contributed by atoms with Crippen LogP contribution in [-0.4, -0.2) is 51.3 Å². The van der Waals surface area contributed by atoms with Crippen molar-refractivity contribution in [2.45, 2.75) is 33.3 Å². The first-order valence-corrected chi connectivity index (χ1v) is 8.71. The minimum atomic E-state index is -3.07. The van der Waals surface area contributed by atoms with Crippen molar-refractivity contribution in [1.82, 2.24) is 19.6 Å². The van der Waals surface area contributed by atoms with E-state index in [0.29, 0.717) is 16.8 Å². The number of amides is 1. The maximum Gasteiger partial charge on any atom is 0.414 e. The predicted molar refractivity (Wildman–Crippen MR) is 109 cm³/mol. The molecule has 10 nitrogen and oxygen atoms in total. The van der Waals surface area contributed by atoms with E-state index in [4.69, 9.17) is 17.7 Å². The lowest BCUT2D eigenvalue weighted by Gasteiger charge is -2.18. The molecule has 0 bridgehead atoms. The number of fused-ring (bicyclic) bond motifs is 1. The van der Waals surface area contributed by atoms with E-state index in [1.165, 1.54) is 16.8 Å². The van der Waals surface area contributed by atoms with E-state index in [1.807, 2.05) is 0 Å². The molecule has 0 radical (unpaired) electrons. The lowest BCUT2D eigenvalue weighted by molar-refractivity contribution is 0.0593. The number of methoxy groups -OCH3 is 2. The number of pyridine rings is 2. The second-order valence-corrected chi connectivity index (χ2v) is 7.25. The first kappa shape index (κ1) is 14.3. The standard InChI is InChI=1S/C20H23N5O5/c1-11-13(10-14(17(26)29-6)16(21-11)28-5)12-7-8-25-15(9-12)22-18(24-25)23-19(27)30-20(2,3)4/h7-10H,1-6H3,(H,23,24,27)/i5D3,6D3. The van der Waals surface area contributed by atoms with Crippen LogP contribution in [0.3, 0.4) is 0 Å². The van der Waals surface area contributed by atoms with Crippen LogP contribution in [0.25, 0.3) is 16.8 Å². The molecule has 0 saturated heterocycles. The zero-order chi connectivity index (χ0) is 27.1. The number of carbonyl (C=O) groups is 2. The Hall–Kier alpha value is -3.69. The maximum absolute atomic E-state index is 12.5. The van der Waals surface area contributed by atoms with Gasteiger partial charge < -0.3 is 14.2 Å². The molecule has 0 aromatic carbocycles. The number of carbonyl (C=O) groups excluding carboxylic acids is 2. The minimum absolute atomic E-state index is 0.0142. The fourth-order valence-electron chi connectivity index (χ4n) is 2.65. The zero-order valence-corrected chi connectivity index (χ0v) is 16.6. The Kier molecular flexibility index (Phi) is 3.81. The second kappa shape index (κ2) is 7.97. The van der Waals surface area contributed by atoms with Gasteiger partial charge in [0, 0.05) is 17.5 Å². The number of anilines is 1. The smallest absolute Gasteiger partial charge is 0.414 e. The van der Waals surface area contributed by atoms with Crippen LogP contribution < -0.4 is 10.1 Å². The number of rotatable bonds is 4. The van der Waals surface area contributed by atoms with Gasteiger partial charge in [-0.05, 0) is 51.5 Å². The van der Waals surface area contributed by atoms with E-state index in [1.54, 1.807) is 39.8 Å². The highest BCUT2D eigenvalue weighted by Gasteiger charge is 2.20. The average molecular weight is 419 g/mol. The van der Waals surface area contributed by atoms with E-state index in [2.05, 4.69) is 25.1 Å².